The Balaban J connectivity index is 1.57. The number of nitriles is 1. The zero-order valence-corrected chi connectivity index (χ0v) is 16.8. The predicted molar refractivity (Wildman–Crippen MR) is 108 cm³/mol. The average Bonchev–Trinajstić information content (AvgIpc) is 3.05. The summed E-state index contributed by atoms with van der Waals surface area (Å²) in [5, 5.41) is 23.8. The Morgan fingerprint density at radius 2 is 2.33 bits per heavy atom. The second-order valence-corrected chi connectivity index (χ2v) is 8.34. The van der Waals surface area contributed by atoms with Gasteiger partial charge in [0.25, 0.3) is 11.7 Å². The molecule has 2 aromatic rings. The third kappa shape index (κ3) is 3.57. The number of ether oxygens (including phenoxy) is 1. The molecule has 1 unspecified atom stereocenters. The Hall–Kier alpha value is -3.52. The molecule has 11 heteroatoms. The van der Waals surface area contributed by atoms with Crippen molar-refractivity contribution in [3.63, 3.8) is 0 Å². The van der Waals surface area contributed by atoms with E-state index in [1.54, 1.807) is 0 Å². The fraction of sp³-hybridized carbons (Fsp3) is 0.368. The van der Waals surface area contributed by atoms with E-state index in [1.165, 1.54) is 23.5 Å². The number of nitrogens with zero attached hydrogens (tertiary/aromatic N) is 4. The van der Waals surface area contributed by atoms with Crippen LogP contribution < -0.4 is 15.0 Å². The van der Waals surface area contributed by atoms with Crippen molar-refractivity contribution < 1.29 is 19.2 Å². The summed E-state index contributed by atoms with van der Waals surface area (Å²) in [6.45, 7) is 1.46. The number of nitro groups is 1. The molecule has 0 spiro atoms. The van der Waals surface area contributed by atoms with Gasteiger partial charge in [-0.15, -0.1) is 11.3 Å². The van der Waals surface area contributed by atoms with Crippen molar-refractivity contribution in [2.75, 3.05) is 23.4 Å². The zero-order chi connectivity index (χ0) is 21.4. The lowest BCUT2D eigenvalue weighted by atomic mass is 9.89. The number of carbonyl (C=O) groups is 2. The van der Waals surface area contributed by atoms with Crippen molar-refractivity contribution in [1.29, 1.82) is 5.26 Å². The molecule has 2 aliphatic rings. The van der Waals surface area contributed by atoms with Crippen LogP contribution in [0.4, 0.5) is 16.6 Å². The number of hydrogen-bond donors (Lipinski definition) is 1. The van der Waals surface area contributed by atoms with E-state index < -0.39 is 29.1 Å². The van der Waals surface area contributed by atoms with Gasteiger partial charge in [0, 0.05) is 10.9 Å². The molecule has 154 valence electrons. The fourth-order valence-corrected chi connectivity index (χ4v) is 4.98. The summed E-state index contributed by atoms with van der Waals surface area (Å²) in [5.41, 5.74) is 1.46. The van der Waals surface area contributed by atoms with Gasteiger partial charge in [-0.3, -0.25) is 14.5 Å². The number of thiophene rings is 1. The molecule has 1 N–H and O–H groups in total. The number of rotatable bonds is 4. The number of nitrogens with one attached hydrogen (secondary N) is 1. The van der Waals surface area contributed by atoms with Gasteiger partial charge in [-0.25, -0.2) is 0 Å². The third-order valence-corrected chi connectivity index (χ3v) is 6.27. The van der Waals surface area contributed by atoms with Gasteiger partial charge in [0.2, 0.25) is 5.91 Å². The highest BCUT2D eigenvalue weighted by Gasteiger charge is 2.34. The van der Waals surface area contributed by atoms with Crippen LogP contribution in [-0.4, -0.2) is 34.9 Å². The van der Waals surface area contributed by atoms with E-state index in [1.807, 2.05) is 0 Å². The summed E-state index contributed by atoms with van der Waals surface area (Å²) in [4.78, 5) is 41.3. The van der Waals surface area contributed by atoms with Gasteiger partial charge < -0.3 is 20.2 Å². The molecular weight excluding hydrogens is 410 g/mol. The van der Waals surface area contributed by atoms with Crippen LogP contribution in [0.2, 0.25) is 0 Å². The smallest absolute Gasteiger partial charge is 0.366 e. The SMILES string of the molecule is CC1CCc2c(sc(NC(=O)CN3C(=O)COc4ccc([N+](=O)[O-])nc43)c2C#N)C1. The van der Waals surface area contributed by atoms with Gasteiger partial charge in [0.15, 0.2) is 12.4 Å². The minimum atomic E-state index is -0.687. The van der Waals surface area contributed by atoms with E-state index in [0.29, 0.717) is 16.5 Å². The molecule has 10 nitrogen and oxygen atoms in total. The molecule has 30 heavy (non-hydrogen) atoms. The van der Waals surface area contributed by atoms with Crippen LogP contribution >= 0.6 is 11.3 Å². The second kappa shape index (κ2) is 7.72. The van der Waals surface area contributed by atoms with Gasteiger partial charge in [-0.2, -0.15) is 5.26 Å². The molecule has 0 saturated heterocycles. The molecule has 4 rings (SSSR count). The van der Waals surface area contributed by atoms with Gasteiger partial charge in [0.1, 0.15) is 17.6 Å². The van der Waals surface area contributed by atoms with Crippen molar-refractivity contribution in [2.45, 2.75) is 26.2 Å². The number of fused-ring (bicyclic) bond motifs is 2. The first-order valence-corrected chi connectivity index (χ1v) is 10.1. The summed E-state index contributed by atoms with van der Waals surface area (Å²) in [5.74, 6) is -0.875. The molecular formula is C19H17N5O5S. The Morgan fingerprint density at radius 3 is 3.07 bits per heavy atom. The largest absolute Gasteiger partial charge is 0.477 e. The maximum atomic E-state index is 12.7. The molecule has 3 heterocycles. The highest BCUT2D eigenvalue weighted by atomic mass is 32.1. The quantitative estimate of drug-likeness (QED) is 0.584. The van der Waals surface area contributed by atoms with Crippen LogP contribution in [0.25, 0.3) is 0 Å². The zero-order valence-electron chi connectivity index (χ0n) is 16.0. The van der Waals surface area contributed by atoms with Crippen LogP contribution in [0.3, 0.4) is 0 Å². The van der Waals surface area contributed by atoms with Gasteiger partial charge in [-0.1, -0.05) is 6.92 Å². The summed E-state index contributed by atoms with van der Waals surface area (Å²) < 4.78 is 5.25. The van der Waals surface area contributed by atoms with Crippen LogP contribution in [0, 0.1) is 27.4 Å². The van der Waals surface area contributed by atoms with Gasteiger partial charge in [-0.05, 0) is 46.7 Å². The summed E-state index contributed by atoms with van der Waals surface area (Å²) in [6, 6.07) is 4.70. The monoisotopic (exact) mass is 427 g/mol. The van der Waals surface area contributed by atoms with Crippen molar-refractivity contribution in [3.05, 3.63) is 38.3 Å². The van der Waals surface area contributed by atoms with E-state index in [-0.39, 0.29) is 18.2 Å². The number of amides is 2. The summed E-state index contributed by atoms with van der Waals surface area (Å²) in [6.07, 6.45) is 2.66. The van der Waals surface area contributed by atoms with Crippen LogP contribution in [0.15, 0.2) is 12.1 Å². The molecule has 1 atom stereocenters. The van der Waals surface area contributed by atoms with E-state index in [9.17, 15) is 25.0 Å². The predicted octanol–water partition coefficient (Wildman–Crippen LogP) is 2.41. The average molecular weight is 427 g/mol. The minimum absolute atomic E-state index is 0.0737. The molecule has 2 amide bonds. The Labute approximate surface area is 175 Å². The molecule has 0 radical (unpaired) electrons. The fourth-order valence-electron chi connectivity index (χ4n) is 3.60. The molecule has 0 fully saturated rings. The van der Waals surface area contributed by atoms with Crippen LogP contribution in [0.5, 0.6) is 5.75 Å². The number of hydrogen-bond acceptors (Lipinski definition) is 8. The first-order valence-electron chi connectivity index (χ1n) is 9.30. The standard InChI is InChI=1S/C19H17N5O5S/c1-10-2-3-11-12(7-20)19(30-14(11)6-10)22-16(25)8-23-17(26)9-29-13-4-5-15(24(27)28)21-18(13)23/h4-5,10H,2-3,6,8-9H2,1H3,(H,22,25). The van der Waals surface area contributed by atoms with Crippen molar-refractivity contribution in [1.82, 2.24) is 4.98 Å². The lowest BCUT2D eigenvalue weighted by Crippen LogP contribution is -2.44. The van der Waals surface area contributed by atoms with E-state index in [2.05, 4.69) is 23.3 Å². The Kier molecular flexibility index (Phi) is 5.09. The Morgan fingerprint density at radius 1 is 1.53 bits per heavy atom. The van der Waals surface area contributed by atoms with Gasteiger partial charge in [0.05, 0.1) is 5.56 Å². The number of aromatic nitrogens is 1. The highest BCUT2D eigenvalue weighted by Crippen LogP contribution is 2.39. The summed E-state index contributed by atoms with van der Waals surface area (Å²) in [7, 11) is 0. The van der Waals surface area contributed by atoms with Crippen molar-refractivity contribution >= 4 is 39.8 Å². The minimum Gasteiger partial charge on any atom is -0.477 e. The maximum absolute atomic E-state index is 12.7. The van der Waals surface area contributed by atoms with E-state index in [4.69, 9.17) is 4.74 Å². The molecule has 1 aliphatic heterocycles. The number of pyridine rings is 1. The van der Waals surface area contributed by atoms with Crippen molar-refractivity contribution in [2.24, 2.45) is 5.92 Å². The van der Waals surface area contributed by atoms with E-state index >= 15 is 0 Å². The first-order chi connectivity index (χ1) is 14.4. The number of anilines is 2. The van der Waals surface area contributed by atoms with Crippen molar-refractivity contribution in [3.8, 4) is 11.8 Å². The third-order valence-electron chi connectivity index (χ3n) is 5.10. The maximum Gasteiger partial charge on any atom is 0.366 e. The summed E-state index contributed by atoms with van der Waals surface area (Å²) >= 11 is 1.39. The Bertz CT molecular complexity index is 1110. The molecule has 0 bridgehead atoms. The number of carbonyl (C=O) groups excluding carboxylic acids is 2. The first kappa shape index (κ1) is 19.8. The van der Waals surface area contributed by atoms with Crippen LogP contribution in [-0.2, 0) is 22.4 Å². The van der Waals surface area contributed by atoms with Gasteiger partial charge >= 0.3 is 5.82 Å². The normalized spacial score (nSPS) is 17.4. The second-order valence-electron chi connectivity index (χ2n) is 7.23. The van der Waals surface area contributed by atoms with E-state index in [0.717, 1.165) is 34.6 Å². The lowest BCUT2D eigenvalue weighted by Gasteiger charge is -2.24. The molecule has 0 aromatic carbocycles. The highest BCUT2D eigenvalue weighted by molar-refractivity contribution is 7.16. The molecule has 2 aromatic heterocycles. The van der Waals surface area contributed by atoms with Crippen LogP contribution in [0.1, 0.15) is 29.3 Å². The molecule has 1 aliphatic carbocycles. The topological polar surface area (TPSA) is 138 Å². The lowest BCUT2D eigenvalue weighted by molar-refractivity contribution is -0.389. The molecule has 0 saturated carbocycles.